The van der Waals surface area contributed by atoms with Gasteiger partial charge in [0, 0.05) is 54.2 Å². The summed E-state index contributed by atoms with van der Waals surface area (Å²) in [6.07, 6.45) is 3.50. The summed E-state index contributed by atoms with van der Waals surface area (Å²) < 4.78 is 29.0. The second-order valence-corrected chi connectivity index (χ2v) is 11.3. The van der Waals surface area contributed by atoms with Crippen molar-refractivity contribution in [2.45, 2.75) is 13.5 Å². The quantitative estimate of drug-likeness (QED) is 0.289. The predicted molar refractivity (Wildman–Crippen MR) is 161 cm³/mol. The third kappa shape index (κ3) is 5.30. The molecule has 43 heavy (non-hydrogen) atoms. The van der Waals surface area contributed by atoms with Gasteiger partial charge in [0.05, 0.1) is 52.8 Å². The second kappa shape index (κ2) is 11.5. The lowest BCUT2D eigenvalue weighted by Crippen LogP contribution is -2.38. The van der Waals surface area contributed by atoms with E-state index >= 15 is 4.39 Å². The number of carbonyl (C=O) groups is 2. The first-order chi connectivity index (χ1) is 20.6. The molecule has 1 aromatic heterocycles. The number of rotatable bonds is 5. The number of hydrogen-bond acceptors (Lipinski definition) is 6. The van der Waals surface area contributed by atoms with Crippen LogP contribution in [0.5, 0.6) is 5.75 Å². The number of carbonyl (C=O) groups excluding carboxylic acids is 1. The molecule has 1 saturated heterocycles. The molecule has 4 aromatic rings. The van der Waals surface area contributed by atoms with Crippen molar-refractivity contribution in [3.8, 4) is 28.0 Å². The molecule has 0 radical (unpaired) electrons. The summed E-state index contributed by atoms with van der Waals surface area (Å²) in [4.78, 5) is 29.1. The number of carboxylic acids is 1. The van der Waals surface area contributed by atoms with Gasteiger partial charge >= 0.3 is 5.97 Å². The van der Waals surface area contributed by atoms with Gasteiger partial charge in [-0.3, -0.25) is 9.48 Å². The van der Waals surface area contributed by atoms with Crippen molar-refractivity contribution < 1.29 is 28.6 Å². The van der Waals surface area contributed by atoms with Crippen LogP contribution in [0.25, 0.3) is 22.3 Å². The van der Waals surface area contributed by atoms with Gasteiger partial charge < -0.3 is 24.4 Å². The highest BCUT2D eigenvalue weighted by Gasteiger charge is 2.31. The fraction of sp³-hybridized carbons (Fsp3) is 0.258. The number of benzene rings is 3. The van der Waals surface area contributed by atoms with E-state index in [0.29, 0.717) is 48.9 Å². The number of amides is 1. The fourth-order valence-electron chi connectivity index (χ4n) is 5.58. The minimum absolute atomic E-state index is 0.0377. The largest absolute Gasteiger partial charge is 0.478 e. The summed E-state index contributed by atoms with van der Waals surface area (Å²) in [6, 6.07) is 10.2. The smallest absolute Gasteiger partial charge is 0.338 e. The van der Waals surface area contributed by atoms with Crippen LogP contribution in [0.3, 0.4) is 0 Å². The summed E-state index contributed by atoms with van der Waals surface area (Å²) in [5.74, 6) is -1.83. The summed E-state index contributed by atoms with van der Waals surface area (Å²) >= 11 is 13.1. The number of ether oxygens (including phenoxy) is 2. The normalized spacial score (nSPS) is 14.8. The monoisotopic (exact) mass is 624 g/mol. The molecule has 0 aliphatic carbocycles. The maximum absolute atomic E-state index is 15.8. The highest BCUT2D eigenvalue weighted by molar-refractivity contribution is 6.40. The van der Waals surface area contributed by atoms with Crippen LogP contribution in [0.4, 0.5) is 10.1 Å². The van der Waals surface area contributed by atoms with Crippen molar-refractivity contribution in [3.63, 3.8) is 0 Å². The summed E-state index contributed by atoms with van der Waals surface area (Å²) in [7, 11) is 1.80. The van der Waals surface area contributed by atoms with Crippen LogP contribution in [0, 0.1) is 12.7 Å². The lowest BCUT2D eigenvalue weighted by molar-refractivity contribution is 0.0516. The molecule has 2 aliphatic rings. The molecule has 3 heterocycles. The zero-order valence-corrected chi connectivity index (χ0v) is 24.9. The Labute approximate surface area is 256 Å². The van der Waals surface area contributed by atoms with Gasteiger partial charge in [-0.2, -0.15) is 5.10 Å². The Balaban J connectivity index is 1.33. The van der Waals surface area contributed by atoms with E-state index in [1.165, 1.54) is 11.8 Å². The molecule has 3 aromatic carbocycles. The topological polar surface area (TPSA) is 97.1 Å². The Morgan fingerprint density at radius 2 is 1.74 bits per heavy atom. The molecule has 6 rings (SSSR count). The first-order valence-electron chi connectivity index (χ1n) is 13.6. The minimum atomic E-state index is -1.20. The number of aryl methyl sites for hydroxylation is 1. The van der Waals surface area contributed by atoms with Crippen molar-refractivity contribution >= 4 is 40.8 Å². The standard InChI is InChI=1S/C31H27Cl2FN4O5/c1-17-26(31(40)41)25(37-6-8-42-9-7-37)12-22(28(17)34)21-5-3-4-18-15-38(16-43-29(18)21)30(39)27-23(32)10-19(11-24(27)33)20-13-35-36(2)14-20/h3-5,10-14H,6-9,15-16H2,1-2H3,(H,40,41). The van der Waals surface area contributed by atoms with Gasteiger partial charge in [0.15, 0.2) is 6.73 Å². The molecule has 1 N–H and O–H groups in total. The molecular weight excluding hydrogens is 598 g/mol. The molecule has 0 spiro atoms. The van der Waals surface area contributed by atoms with Crippen molar-refractivity contribution in [3.05, 3.63) is 86.9 Å². The highest BCUT2D eigenvalue weighted by atomic mass is 35.5. The molecule has 0 unspecified atom stereocenters. The zero-order valence-electron chi connectivity index (χ0n) is 23.4. The number of fused-ring (bicyclic) bond motifs is 1. The molecule has 0 bridgehead atoms. The van der Waals surface area contributed by atoms with E-state index in [9.17, 15) is 14.7 Å². The van der Waals surface area contributed by atoms with Gasteiger partial charge in [-0.25, -0.2) is 9.18 Å². The lowest BCUT2D eigenvalue weighted by Gasteiger charge is -2.32. The van der Waals surface area contributed by atoms with E-state index in [4.69, 9.17) is 32.7 Å². The lowest BCUT2D eigenvalue weighted by atomic mass is 9.94. The van der Waals surface area contributed by atoms with E-state index in [-0.39, 0.29) is 45.6 Å². The summed E-state index contributed by atoms with van der Waals surface area (Å²) in [6.45, 7) is 3.37. The van der Waals surface area contributed by atoms with Crippen molar-refractivity contribution in [2.24, 2.45) is 7.05 Å². The molecule has 1 fully saturated rings. The number of carboxylic acid groups (broad SMARTS) is 1. The minimum Gasteiger partial charge on any atom is -0.478 e. The van der Waals surface area contributed by atoms with Crippen molar-refractivity contribution in [2.75, 3.05) is 37.9 Å². The van der Waals surface area contributed by atoms with Gasteiger partial charge in [0.25, 0.3) is 5.91 Å². The molecule has 9 nitrogen and oxygen atoms in total. The van der Waals surface area contributed by atoms with Gasteiger partial charge in [0.2, 0.25) is 0 Å². The van der Waals surface area contributed by atoms with Crippen LogP contribution in [0.2, 0.25) is 10.0 Å². The molecular formula is C31H27Cl2FN4O5. The Morgan fingerprint density at radius 1 is 1.02 bits per heavy atom. The Bertz CT molecular complexity index is 1750. The Morgan fingerprint density at radius 3 is 2.40 bits per heavy atom. The van der Waals surface area contributed by atoms with Crippen LogP contribution in [-0.4, -0.2) is 64.7 Å². The molecule has 0 atom stereocenters. The zero-order chi connectivity index (χ0) is 30.4. The van der Waals surface area contributed by atoms with Crippen LogP contribution in [0.15, 0.2) is 48.8 Å². The third-order valence-corrected chi connectivity index (χ3v) is 8.33. The van der Waals surface area contributed by atoms with E-state index in [1.54, 1.807) is 54.3 Å². The summed E-state index contributed by atoms with van der Waals surface area (Å²) in [5, 5.41) is 14.5. The third-order valence-electron chi connectivity index (χ3n) is 7.74. The number of aromatic nitrogens is 2. The van der Waals surface area contributed by atoms with Gasteiger partial charge in [-0.15, -0.1) is 0 Å². The number of aromatic carboxylic acids is 1. The number of morpholine rings is 1. The first-order valence-corrected chi connectivity index (χ1v) is 14.3. The number of anilines is 1. The van der Waals surface area contributed by atoms with Crippen LogP contribution in [0.1, 0.15) is 31.8 Å². The van der Waals surface area contributed by atoms with E-state index in [0.717, 1.165) is 11.1 Å². The second-order valence-electron chi connectivity index (χ2n) is 10.4. The van der Waals surface area contributed by atoms with E-state index in [1.807, 2.05) is 11.1 Å². The SMILES string of the molecule is Cc1c(F)c(-c2cccc3c2OCN(C(=O)c2c(Cl)cc(-c4cnn(C)c4)cc2Cl)C3)cc(N2CCOCC2)c1C(=O)O. The van der Waals surface area contributed by atoms with E-state index < -0.39 is 17.7 Å². The maximum atomic E-state index is 15.8. The van der Waals surface area contributed by atoms with Crippen molar-refractivity contribution in [1.82, 2.24) is 14.7 Å². The van der Waals surface area contributed by atoms with Crippen molar-refractivity contribution in [1.29, 1.82) is 0 Å². The number of para-hydroxylation sites is 1. The fourth-order valence-corrected chi connectivity index (χ4v) is 6.23. The van der Waals surface area contributed by atoms with Gasteiger partial charge in [-0.05, 0) is 30.7 Å². The number of nitrogens with zero attached hydrogens (tertiary/aromatic N) is 4. The highest BCUT2D eigenvalue weighted by Crippen LogP contribution is 2.42. The Kier molecular flexibility index (Phi) is 7.76. The predicted octanol–water partition coefficient (Wildman–Crippen LogP) is 6.04. The molecule has 1 amide bonds. The average Bonchev–Trinajstić information content (AvgIpc) is 3.44. The molecule has 0 saturated carbocycles. The summed E-state index contributed by atoms with van der Waals surface area (Å²) in [5.41, 5.74) is 3.42. The van der Waals surface area contributed by atoms with Gasteiger partial charge in [0.1, 0.15) is 11.6 Å². The van der Waals surface area contributed by atoms with E-state index in [2.05, 4.69) is 5.10 Å². The van der Waals surface area contributed by atoms with Gasteiger partial charge in [-0.1, -0.05) is 41.4 Å². The average molecular weight is 625 g/mol. The molecule has 2 aliphatic heterocycles. The number of hydrogen-bond donors (Lipinski definition) is 1. The van der Waals surface area contributed by atoms with Crippen LogP contribution >= 0.6 is 23.2 Å². The van der Waals surface area contributed by atoms with Crippen LogP contribution < -0.4 is 9.64 Å². The first kappa shape index (κ1) is 29.0. The van der Waals surface area contributed by atoms with Crippen LogP contribution in [-0.2, 0) is 18.3 Å². The molecule has 12 heteroatoms. The number of halogens is 3. The molecule has 222 valence electrons. The Hall–Kier alpha value is -4.12. The maximum Gasteiger partial charge on any atom is 0.338 e.